The third-order valence-corrected chi connectivity index (χ3v) is 4.46. The molecule has 2 N–H and O–H groups in total. The van der Waals surface area contributed by atoms with E-state index in [0.29, 0.717) is 31.0 Å². The maximum absolute atomic E-state index is 11.2. The Morgan fingerprint density at radius 2 is 1.69 bits per heavy atom. The number of hydrogen-bond acceptors (Lipinski definition) is 3. The minimum atomic E-state index is -2.97. The van der Waals surface area contributed by atoms with Crippen molar-refractivity contribution in [1.29, 1.82) is 0 Å². The van der Waals surface area contributed by atoms with Crippen LogP contribution in [0.1, 0.15) is 12.8 Å². The second-order valence-corrected chi connectivity index (χ2v) is 6.31. The van der Waals surface area contributed by atoms with Gasteiger partial charge in [-0.1, -0.05) is 0 Å². The number of nitrogens with zero attached hydrogens (tertiary/aromatic N) is 1. The highest BCUT2D eigenvalue weighted by Crippen LogP contribution is 2.37. The van der Waals surface area contributed by atoms with Crippen molar-refractivity contribution in [2.75, 3.05) is 19.3 Å². The van der Waals surface area contributed by atoms with Crippen molar-refractivity contribution in [2.45, 2.75) is 18.9 Å². The van der Waals surface area contributed by atoms with Crippen LogP contribution in [-0.2, 0) is 10.0 Å². The fraction of sp³-hybridized carbons (Fsp3) is 1.00. The molecule has 0 radical (unpaired) electrons. The Labute approximate surface area is 79.1 Å². The van der Waals surface area contributed by atoms with E-state index in [1.807, 2.05) is 0 Å². The summed E-state index contributed by atoms with van der Waals surface area (Å²) in [6, 6.07) is 0.303. The summed E-state index contributed by atoms with van der Waals surface area (Å²) in [6.07, 6.45) is 3.28. The molecule has 4 nitrogen and oxygen atoms in total. The van der Waals surface area contributed by atoms with Crippen LogP contribution in [0, 0.1) is 11.8 Å². The Bertz CT molecular complexity index is 287. The van der Waals surface area contributed by atoms with E-state index in [9.17, 15) is 8.42 Å². The zero-order valence-electron chi connectivity index (χ0n) is 7.81. The first kappa shape index (κ1) is 9.43. The van der Waals surface area contributed by atoms with E-state index in [-0.39, 0.29) is 0 Å². The largest absolute Gasteiger partial charge is 0.328 e. The molecule has 0 amide bonds. The van der Waals surface area contributed by atoms with Crippen LogP contribution < -0.4 is 5.73 Å². The predicted octanol–water partition coefficient (Wildman–Crippen LogP) is -0.385. The molecule has 0 aromatic carbocycles. The number of sulfonamides is 1. The van der Waals surface area contributed by atoms with Crippen LogP contribution in [0.3, 0.4) is 0 Å². The number of nitrogens with two attached hydrogens (primary N) is 1. The van der Waals surface area contributed by atoms with E-state index in [1.54, 1.807) is 4.31 Å². The lowest BCUT2D eigenvalue weighted by Crippen LogP contribution is -2.30. The molecule has 1 aliphatic heterocycles. The highest BCUT2D eigenvalue weighted by Gasteiger charge is 2.42. The highest BCUT2D eigenvalue weighted by molar-refractivity contribution is 7.88. The number of hydrogen-bond donors (Lipinski definition) is 1. The van der Waals surface area contributed by atoms with Gasteiger partial charge in [0.1, 0.15) is 0 Å². The van der Waals surface area contributed by atoms with Gasteiger partial charge in [0.2, 0.25) is 10.0 Å². The summed E-state index contributed by atoms with van der Waals surface area (Å²) in [6.45, 7) is 1.38. The summed E-state index contributed by atoms with van der Waals surface area (Å²) in [4.78, 5) is 0. The monoisotopic (exact) mass is 204 g/mol. The molecule has 2 atom stereocenters. The first-order valence-electron chi connectivity index (χ1n) is 4.67. The maximum Gasteiger partial charge on any atom is 0.211 e. The van der Waals surface area contributed by atoms with E-state index in [4.69, 9.17) is 5.73 Å². The van der Waals surface area contributed by atoms with Gasteiger partial charge in [0, 0.05) is 19.1 Å². The van der Waals surface area contributed by atoms with E-state index < -0.39 is 10.0 Å². The SMILES string of the molecule is CS(=O)(=O)N1CC2CC(N)CC2C1. The lowest BCUT2D eigenvalue weighted by atomic mass is 10.0. The molecule has 1 heterocycles. The summed E-state index contributed by atoms with van der Waals surface area (Å²) in [5.74, 6) is 1.04. The first-order valence-corrected chi connectivity index (χ1v) is 6.52. The molecule has 2 rings (SSSR count). The fourth-order valence-electron chi connectivity index (χ4n) is 2.57. The molecule has 5 heteroatoms. The molecule has 1 aliphatic carbocycles. The van der Waals surface area contributed by atoms with Gasteiger partial charge in [-0.15, -0.1) is 0 Å². The number of rotatable bonds is 1. The normalized spacial score (nSPS) is 40.9. The zero-order chi connectivity index (χ0) is 9.64. The molecule has 76 valence electrons. The van der Waals surface area contributed by atoms with Gasteiger partial charge < -0.3 is 5.73 Å². The van der Waals surface area contributed by atoms with Crippen LogP contribution >= 0.6 is 0 Å². The summed E-state index contributed by atoms with van der Waals surface area (Å²) < 4.78 is 24.1. The quantitative estimate of drug-likeness (QED) is 0.633. The van der Waals surface area contributed by atoms with Gasteiger partial charge >= 0.3 is 0 Å². The summed E-state index contributed by atoms with van der Waals surface area (Å²) in [5, 5.41) is 0. The van der Waals surface area contributed by atoms with Gasteiger partial charge in [0.25, 0.3) is 0 Å². The lowest BCUT2D eigenvalue weighted by molar-refractivity contribution is 0.440. The van der Waals surface area contributed by atoms with Crippen LogP contribution in [0.15, 0.2) is 0 Å². The smallest absolute Gasteiger partial charge is 0.211 e. The second-order valence-electron chi connectivity index (χ2n) is 4.33. The van der Waals surface area contributed by atoms with Crippen molar-refractivity contribution in [3.63, 3.8) is 0 Å². The van der Waals surface area contributed by atoms with Crippen molar-refractivity contribution in [3.05, 3.63) is 0 Å². The van der Waals surface area contributed by atoms with Gasteiger partial charge in [-0.3, -0.25) is 0 Å². The molecule has 1 saturated carbocycles. The van der Waals surface area contributed by atoms with E-state index in [2.05, 4.69) is 0 Å². The Kier molecular flexibility index (Phi) is 2.13. The topological polar surface area (TPSA) is 63.4 Å². The maximum atomic E-state index is 11.2. The molecular weight excluding hydrogens is 188 g/mol. The summed E-state index contributed by atoms with van der Waals surface area (Å²) in [7, 11) is -2.97. The van der Waals surface area contributed by atoms with Gasteiger partial charge in [0.15, 0.2) is 0 Å². The molecule has 0 spiro atoms. The average Bonchev–Trinajstić information content (AvgIpc) is 2.40. The van der Waals surface area contributed by atoms with Gasteiger partial charge in [0.05, 0.1) is 6.26 Å². The van der Waals surface area contributed by atoms with Crippen LogP contribution in [0.25, 0.3) is 0 Å². The van der Waals surface area contributed by atoms with Crippen LogP contribution in [-0.4, -0.2) is 38.1 Å². The van der Waals surface area contributed by atoms with Crippen molar-refractivity contribution in [1.82, 2.24) is 4.31 Å². The number of fused-ring (bicyclic) bond motifs is 1. The molecular formula is C8H16N2O2S. The molecule has 0 aromatic heterocycles. The fourth-order valence-corrected chi connectivity index (χ4v) is 3.50. The average molecular weight is 204 g/mol. The molecule has 0 bridgehead atoms. The van der Waals surface area contributed by atoms with Crippen LogP contribution in [0.4, 0.5) is 0 Å². The van der Waals surface area contributed by atoms with E-state index >= 15 is 0 Å². The minimum absolute atomic E-state index is 0.303. The third kappa shape index (κ3) is 1.73. The van der Waals surface area contributed by atoms with Crippen molar-refractivity contribution >= 4 is 10.0 Å². The predicted molar refractivity (Wildman–Crippen MR) is 50.6 cm³/mol. The Morgan fingerprint density at radius 1 is 1.23 bits per heavy atom. The molecule has 1 saturated heterocycles. The Morgan fingerprint density at radius 3 is 2.08 bits per heavy atom. The van der Waals surface area contributed by atoms with Gasteiger partial charge in [-0.25, -0.2) is 12.7 Å². The first-order chi connectivity index (χ1) is 5.97. The van der Waals surface area contributed by atoms with Crippen LogP contribution in [0.5, 0.6) is 0 Å². The van der Waals surface area contributed by atoms with E-state index in [1.165, 1.54) is 6.26 Å². The zero-order valence-corrected chi connectivity index (χ0v) is 8.63. The second kappa shape index (κ2) is 2.93. The Balaban J connectivity index is 2.06. The van der Waals surface area contributed by atoms with Gasteiger partial charge in [-0.2, -0.15) is 0 Å². The van der Waals surface area contributed by atoms with Crippen LogP contribution in [0.2, 0.25) is 0 Å². The van der Waals surface area contributed by atoms with Crippen molar-refractivity contribution in [3.8, 4) is 0 Å². The highest BCUT2D eigenvalue weighted by atomic mass is 32.2. The molecule has 0 aromatic rings. The lowest BCUT2D eigenvalue weighted by Gasteiger charge is -2.14. The molecule has 2 aliphatic rings. The van der Waals surface area contributed by atoms with Crippen molar-refractivity contribution in [2.24, 2.45) is 17.6 Å². The molecule has 2 fully saturated rings. The Hall–Kier alpha value is -0.130. The molecule has 13 heavy (non-hydrogen) atoms. The standard InChI is InChI=1S/C8H16N2O2S/c1-13(11,12)10-4-6-2-8(9)3-7(6)5-10/h6-8H,2-5,9H2,1H3. The summed E-state index contributed by atoms with van der Waals surface area (Å²) in [5.41, 5.74) is 5.81. The summed E-state index contributed by atoms with van der Waals surface area (Å²) >= 11 is 0. The van der Waals surface area contributed by atoms with Crippen molar-refractivity contribution < 1.29 is 8.42 Å². The van der Waals surface area contributed by atoms with Gasteiger partial charge in [-0.05, 0) is 24.7 Å². The van der Waals surface area contributed by atoms with E-state index in [0.717, 1.165) is 12.8 Å². The third-order valence-electron chi connectivity index (χ3n) is 3.22. The molecule has 2 unspecified atom stereocenters. The minimum Gasteiger partial charge on any atom is -0.328 e.